The monoisotopic (exact) mass is 236 g/mol. The van der Waals surface area contributed by atoms with Gasteiger partial charge in [0.25, 0.3) is 0 Å². The molecule has 2 rings (SSSR count). The van der Waals surface area contributed by atoms with Gasteiger partial charge in [-0.3, -0.25) is 0 Å². The van der Waals surface area contributed by atoms with Crippen LogP contribution < -0.4 is 5.32 Å². The summed E-state index contributed by atoms with van der Waals surface area (Å²) in [4.78, 5) is 0. The van der Waals surface area contributed by atoms with Crippen LogP contribution in [0.3, 0.4) is 0 Å². The van der Waals surface area contributed by atoms with Crippen molar-refractivity contribution in [2.24, 2.45) is 0 Å². The molecule has 3 nitrogen and oxygen atoms in total. The highest BCUT2D eigenvalue weighted by Gasteiger charge is 2.16. The predicted molar refractivity (Wildman–Crippen MR) is 63.6 cm³/mol. The summed E-state index contributed by atoms with van der Waals surface area (Å²) in [6.07, 6.45) is 2.10. The highest BCUT2D eigenvalue weighted by atomic mass is 35.5. The van der Waals surface area contributed by atoms with Crippen LogP contribution in [0.1, 0.15) is 18.4 Å². The summed E-state index contributed by atoms with van der Waals surface area (Å²) in [6.45, 7) is 1.50. The van der Waals surface area contributed by atoms with E-state index in [0.29, 0.717) is 17.2 Å². The van der Waals surface area contributed by atoms with Crippen LogP contribution in [0.5, 0.6) is 0 Å². The average Bonchev–Trinajstić information content (AvgIpc) is 2.33. The summed E-state index contributed by atoms with van der Waals surface area (Å²) in [5, 5.41) is 12.9. The molecular weight excluding hydrogens is 224 g/mol. The van der Waals surface area contributed by atoms with E-state index in [1.165, 1.54) is 0 Å². The van der Waals surface area contributed by atoms with E-state index in [1.807, 2.05) is 0 Å². The molecule has 0 amide bonds. The van der Waals surface area contributed by atoms with Gasteiger partial charge >= 0.3 is 0 Å². The molecule has 0 aliphatic carbocycles. The molecule has 1 N–H and O–H groups in total. The SMILES string of the molecule is N#Cc1cccc(Cl)c1NC1CCCOC1. The Bertz CT molecular complexity index is 408. The molecule has 1 aliphatic heterocycles. The quantitative estimate of drug-likeness (QED) is 0.859. The van der Waals surface area contributed by atoms with E-state index >= 15 is 0 Å². The number of benzene rings is 1. The standard InChI is InChI=1S/C12H13ClN2O/c13-11-5-1-3-9(7-14)12(11)15-10-4-2-6-16-8-10/h1,3,5,10,15H,2,4,6,8H2. The van der Waals surface area contributed by atoms with E-state index < -0.39 is 0 Å². The van der Waals surface area contributed by atoms with Gasteiger partial charge in [0.15, 0.2) is 0 Å². The Kier molecular flexibility index (Phi) is 3.66. The Balaban J connectivity index is 2.16. The number of nitrogens with one attached hydrogen (secondary N) is 1. The van der Waals surface area contributed by atoms with E-state index in [2.05, 4.69) is 11.4 Å². The molecule has 4 heteroatoms. The maximum atomic E-state index is 8.99. The van der Waals surface area contributed by atoms with Crippen LogP contribution in [0.4, 0.5) is 5.69 Å². The summed E-state index contributed by atoms with van der Waals surface area (Å²) in [6, 6.07) is 7.72. The van der Waals surface area contributed by atoms with Gasteiger partial charge in [-0.05, 0) is 25.0 Å². The van der Waals surface area contributed by atoms with Crippen molar-refractivity contribution in [3.63, 3.8) is 0 Å². The number of rotatable bonds is 2. The van der Waals surface area contributed by atoms with Gasteiger partial charge in [-0.1, -0.05) is 17.7 Å². The fraction of sp³-hybridized carbons (Fsp3) is 0.417. The second kappa shape index (κ2) is 5.20. The Hall–Kier alpha value is -1.24. The van der Waals surface area contributed by atoms with E-state index in [9.17, 15) is 0 Å². The van der Waals surface area contributed by atoms with Crippen molar-refractivity contribution in [1.82, 2.24) is 0 Å². The van der Waals surface area contributed by atoms with Crippen molar-refractivity contribution in [2.75, 3.05) is 18.5 Å². The van der Waals surface area contributed by atoms with Crippen LogP contribution in [-0.2, 0) is 4.74 Å². The molecular formula is C12H13ClN2O. The van der Waals surface area contributed by atoms with Crippen molar-refractivity contribution in [1.29, 1.82) is 5.26 Å². The first-order valence-electron chi connectivity index (χ1n) is 5.34. The fourth-order valence-electron chi connectivity index (χ4n) is 1.82. The van der Waals surface area contributed by atoms with Gasteiger partial charge < -0.3 is 10.1 Å². The van der Waals surface area contributed by atoms with Gasteiger partial charge in [-0.25, -0.2) is 0 Å². The zero-order valence-electron chi connectivity index (χ0n) is 8.87. The van der Waals surface area contributed by atoms with E-state index in [0.717, 1.165) is 25.1 Å². The van der Waals surface area contributed by atoms with E-state index in [1.54, 1.807) is 18.2 Å². The first-order valence-corrected chi connectivity index (χ1v) is 5.72. The third-order valence-electron chi connectivity index (χ3n) is 2.64. The molecule has 1 fully saturated rings. The number of hydrogen-bond acceptors (Lipinski definition) is 3. The van der Waals surface area contributed by atoms with Crippen LogP contribution in [-0.4, -0.2) is 19.3 Å². The second-order valence-corrected chi connectivity index (χ2v) is 4.24. The molecule has 1 aliphatic rings. The van der Waals surface area contributed by atoms with Crippen molar-refractivity contribution < 1.29 is 4.74 Å². The zero-order chi connectivity index (χ0) is 11.4. The topological polar surface area (TPSA) is 45.0 Å². The van der Waals surface area contributed by atoms with Gasteiger partial charge in [-0.2, -0.15) is 5.26 Å². The van der Waals surface area contributed by atoms with Crippen LogP contribution in [0, 0.1) is 11.3 Å². The number of anilines is 1. The van der Waals surface area contributed by atoms with Gasteiger partial charge in [-0.15, -0.1) is 0 Å². The molecule has 1 saturated heterocycles. The molecule has 16 heavy (non-hydrogen) atoms. The lowest BCUT2D eigenvalue weighted by Gasteiger charge is -2.25. The van der Waals surface area contributed by atoms with Crippen LogP contribution in [0.15, 0.2) is 18.2 Å². The largest absolute Gasteiger partial charge is 0.379 e. The Morgan fingerprint density at radius 1 is 1.50 bits per heavy atom. The zero-order valence-corrected chi connectivity index (χ0v) is 9.63. The molecule has 0 radical (unpaired) electrons. The highest BCUT2D eigenvalue weighted by molar-refractivity contribution is 6.33. The average molecular weight is 237 g/mol. The molecule has 0 bridgehead atoms. The lowest BCUT2D eigenvalue weighted by atomic mass is 10.1. The smallest absolute Gasteiger partial charge is 0.101 e. The first-order chi connectivity index (χ1) is 7.81. The summed E-state index contributed by atoms with van der Waals surface area (Å²) < 4.78 is 5.38. The van der Waals surface area contributed by atoms with Gasteiger partial charge in [0.2, 0.25) is 0 Å². The van der Waals surface area contributed by atoms with Crippen molar-refractivity contribution in [3.8, 4) is 6.07 Å². The third-order valence-corrected chi connectivity index (χ3v) is 2.96. The molecule has 0 spiro atoms. The minimum Gasteiger partial charge on any atom is -0.379 e. The van der Waals surface area contributed by atoms with E-state index in [4.69, 9.17) is 21.6 Å². The second-order valence-electron chi connectivity index (χ2n) is 3.83. The summed E-state index contributed by atoms with van der Waals surface area (Å²) >= 11 is 6.07. The first kappa shape index (κ1) is 11.3. The lowest BCUT2D eigenvalue weighted by Crippen LogP contribution is -2.30. The Morgan fingerprint density at radius 2 is 2.38 bits per heavy atom. The molecule has 0 aromatic heterocycles. The third kappa shape index (κ3) is 2.46. The number of hydrogen-bond donors (Lipinski definition) is 1. The Morgan fingerprint density at radius 3 is 3.06 bits per heavy atom. The molecule has 1 aromatic carbocycles. The number of nitrogens with zero attached hydrogens (tertiary/aromatic N) is 1. The predicted octanol–water partition coefficient (Wildman–Crippen LogP) is 2.80. The van der Waals surface area contributed by atoms with Crippen molar-refractivity contribution in [2.45, 2.75) is 18.9 Å². The van der Waals surface area contributed by atoms with Crippen molar-refractivity contribution >= 4 is 17.3 Å². The summed E-state index contributed by atoms with van der Waals surface area (Å²) in [7, 11) is 0. The molecule has 1 aromatic rings. The summed E-state index contributed by atoms with van der Waals surface area (Å²) in [5.74, 6) is 0. The maximum absolute atomic E-state index is 8.99. The number of ether oxygens (including phenoxy) is 1. The highest BCUT2D eigenvalue weighted by Crippen LogP contribution is 2.27. The van der Waals surface area contributed by atoms with Gasteiger partial charge in [0.05, 0.1) is 22.9 Å². The summed E-state index contributed by atoms with van der Waals surface area (Å²) in [5.41, 5.74) is 1.31. The molecule has 1 heterocycles. The fourth-order valence-corrected chi connectivity index (χ4v) is 2.05. The van der Waals surface area contributed by atoms with Crippen LogP contribution in [0.25, 0.3) is 0 Å². The van der Waals surface area contributed by atoms with E-state index in [-0.39, 0.29) is 6.04 Å². The minimum absolute atomic E-state index is 0.251. The van der Waals surface area contributed by atoms with Crippen LogP contribution >= 0.6 is 11.6 Å². The molecule has 0 saturated carbocycles. The maximum Gasteiger partial charge on any atom is 0.101 e. The minimum atomic E-state index is 0.251. The molecule has 1 atom stereocenters. The van der Waals surface area contributed by atoms with Crippen molar-refractivity contribution in [3.05, 3.63) is 28.8 Å². The van der Waals surface area contributed by atoms with Gasteiger partial charge in [0.1, 0.15) is 6.07 Å². The lowest BCUT2D eigenvalue weighted by molar-refractivity contribution is 0.0876. The van der Waals surface area contributed by atoms with Gasteiger partial charge in [0, 0.05) is 12.6 Å². The number of nitriles is 1. The van der Waals surface area contributed by atoms with Crippen LogP contribution in [0.2, 0.25) is 5.02 Å². The number of halogens is 1. The molecule has 1 unspecified atom stereocenters. The Labute approximate surface area is 100.0 Å². The number of para-hydroxylation sites is 1. The normalized spacial score (nSPS) is 20.1. The molecule has 84 valence electrons.